The first-order valence-electron chi connectivity index (χ1n) is 6.09. The van der Waals surface area contributed by atoms with Gasteiger partial charge in [0.1, 0.15) is 0 Å². The Kier molecular flexibility index (Phi) is 3.78. The van der Waals surface area contributed by atoms with Gasteiger partial charge in [-0.1, -0.05) is 0 Å². The maximum absolute atomic E-state index is 12.1. The molecule has 0 aliphatic carbocycles. The number of aliphatic hydroxyl groups is 1. The summed E-state index contributed by atoms with van der Waals surface area (Å²) >= 11 is 0. The minimum atomic E-state index is -0.310. The summed E-state index contributed by atoms with van der Waals surface area (Å²) in [6.07, 6.45) is 0.610. The first kappa shape index (κ1) is 11.8. The molecule has 0 spiro atoms. The van der Waals surface area contributed by atoms with E-state index in [-0.39, 0.29) is 24.0 Å². The van der Waals surface area contributed by atoms with Crippen molar-refractivity contribution in [1.29, 1.82) is 0 Å². The smallest absolute Gasteiger partial charge is 0.241 e. The van der Waals surface area contributed by atoms with Crippen LogP contribution in [0.4, 0.5) is 0 Å². The lowest BCUT2D eigenvalue weighted by Gasteiger charge is -2.28. The molecule has 0 bridgehead atoms. The number of nitrogens with zero attached hydrogens (tertiary/aromatic N) is 1. The van der Waals surface area contributed by atoms with E-state index in [0.29, 0.717) is 13.1 Å². The van der Waals surface area contributed by atoms with Crippen LogP contribution in [0.1, 0.15) is 13.3 Å². The van der Waals surface area contributed by atoms with E-state index in [1.54, 1.807) is 6.92 Å². The molecule has 3 unspecified atom stereocenters. The monoisotopic (exact) mass is 227 g/mol. The fraction of sp³-hybridized carbons (Fsp3) is 0.909. The van der Waals surface area contributed by atoms with Gasteiger partial charge in [-0.2, -0.15) is 0 Å². The van der Waals surface area contributed by atoms with Gasteiger partial charge in [-0.05, 0) is 13.3 Å². The van der Waals surface area contributed by atoms with Gasteiger partial charge in [-0.25, -0.2) is 0 Å². The van der Waals surface area contributed by atoms with Crippen LogP contribution in [0.25, 0.3) is 0 Å². The third kappa shape index (κ3) is 2.53. The Hall–Kier alpha value is -0.650. The van der Waals surface area contributed by atoms with Crippen molar-refractivity contribution in [3.8, 4) is 0 Å². The molecule has 0 aromatic rings. The summed E-state index contributed by atoms with van der Waals surface area (Å²) in [4.78, 5) is 14.0. The number of amides is 1. The third-order valence-corrected chi connectivity index (χ3v) is 3.56. The van der Waals surface area contributed by atoms with Crippen LogP contribution in [0, 0.1) is 5.92 Å². The lowest BCUT2D eigenvalue weighted by Crippen LogP contribution is -2.56. The minimum Gasteiger partial charge on any atom is -0.393 e. The van der Waals surface area contributed by atoms with E-state index in [1.807, 2.05) is 4.90 Å². The van der Waals surface area contributed by atoms with Crippen molar-refractivity contribution in [2.75, 3.05) is 32.7 Å². The predicted molar refractivity (Wildman–Crippen MR) is 61.0 cm³/mol. The Morgan fingerprint density at radius 2 is 2.31 bits per heavy atom. The van der Waals surface area contributed by atoms with Gasteiger partial charge in [0.05, 0.1) is 12.1 Å². The van der Waals surface area contributed by atoms with E-state index < -0.39 is 0 Å². The SMILES string of the molecule is CC(O)C1CCN(C(=O)C2CNCCN2)C1. The third-order valence-electron chi connectivity index (χ3n) is 3.56. The van der Waals surface area contributed by atoms with Crippen LogP contribution < -0.4 is 10.6 Å². The molecular formula is C11H21N3O2. The number of aliphatic hydroxyl groups excluding tert-OH is 1. The lowest BCUT2D eigenvalue weighted by atomic mass is 10.0. The van der Waals surface area contributed by atoms with E-state index in [9.17, 15) is 9.90 Å². The Bertz CT molecular complexity index is 252. The van der Waals surface area contributed by atoms with Gasteiger partial charge in [-0.3, -0.25) is 4.79 Å². The van der Waals surface area contributed by atoms with Crippen molar-refractivity contribution < 1.29 is 9.90 Å². The highest BCUT2D eigenvalue weighted by Gasteiger charge is 2.32. The lowest BCUT2D eigenvalue weighted by molar-refractivity contribution is -0.132. The second-order valence-corrected chi connectivity index (χ2v) is 4.78. The molecule has 5 nitrogen and oxygen atoms in total. The molecule has 2 rings (SSSR count). The fourth-order valence-electron chi connectivity index (χ4n) is 2.43. The summed E-state index contributed by atoms with van der Waals surface area (Å²) in [6, 6.07) is -0.0819. The molecule has 0 saturated carbocycles. The van der Waals surface area contributed by atoms with Gasteiger partial charge in [0.2, 0.25) is 5.91 Å². The van der Waals surface area contributed by atoms with Crippen molar-refractivity contribution in [3.05, 3.63) is 0 Å². The number of carbonyl (C=O) groups excluding carboxylic acids is 1. The number of carbonyl (C=O) groups is 1. The van der Waals surface area contributed by atoms with Crippen molar-refractivity contribution in [3.63, 3.8) is 0 Å². The molecule has 1 amide bonds. The zero-order valence-electron chi connectivity index (χ0n) is 9.78. The molecule has 2 heterocycles. The van der Waals surface area contributed by atoms with Crippen LogP contribution in [0.5, 0.6) is 0 Å². The molecule has 0 aromatic carbocycles. The molecule has 0 aromatic heterocycles. The minimum absolute atomic E-state index is 0.0819. The molecule has 2 saturated heterocycles. The van der Waals surface area contributed by atoms with E-state index >= 15 is 0 Å². The van der Waals surface area contributed by atoms with Crippen LogP contribution in [0.3, 0.4) is 0 Å². The van der Waals surface area contributed by atoms with Gasteiger partial charge in [0.25, 0.3) is 0 Å². The number of piperazine rings is 1. The number of hydrogen-bond donors (Lipinski definition) is 3. The average molecular weight is 227 g/mol. The summed E-state index contributed by atoms with van der Waals surface area (Å²) in [6.45, 7) is 5.79. The number of rotatable bonds is 2. The maximum Gasteiger partial charge on any atom is 0.241 e. The van der Waals surface area contributed by atoms with Crippen molar-refractivity contribution in [2.24, 2.45) is 5.92 Å². The molecule has 0 radical (unpaired) electrons. The Balaban J connectivity index is 1.86. The zero-order valence-corrected chi connectivity index (χ0v) is 9.78. The Morgan fingerprint density at radius 1 is 1.50 bits per heavy atom. The molecule has 3 atom stereocenters. The van der Waals surface area contributed by atoms with Gasteiger partial charge >= 0.3 is 0 Å². The normalized spacial score (nSPS) is 32.8. The van der Waals surface area contributed by atoms with Gasteiger partial charge < -0.3 is 20.6 Å². The first-order chi connectivity index (χ1) is 7.68. The van der Waals surface area contributed by atoms with Crippen LogP contribution in [-0.4, -0.2) is 60.8 Å². The van der Waals surface area contributed by atoms with E-state index in [2.05, 4.69) is 10.6 Å². The van der Waals surface area contributed by atoms with Crippen molar-refractivity contribution >= 4 is 5.91 Å². The van der Waals surface area contributed by atoms with Gasteiger partial charge in [0.15, 0.2) is 0 Å². The van der Waals surface area contributed by atoms with E-state index in [0.717, 1.165) is 26.1 Å². The Labute approximate surface area is 96.2 Å². The second-order valence-electron chi connectivity index (χ2n) is 4.78. The van der Waals surface area contributed by atoms with Gasteiger partial charge in [-0.15, -0.1) is 0 Å². The summed E-state index contributed by atoms with van der Waals surface area (Å²) in [7, 11) is 0. The molecule has 92 valence electrons. The average Bonchev–Trinajstić information content (AvgIpc) is 2.78. The number of hydrogen-bond acceptors (Lipinski definition) is 4. The Morgan fingerprint density at radius 3 is 2.88 bits per heavy atom. The molecule has 2 fully saturated rings. The second kappa shape index (κ2) is 5.12. The topological polar surface area (TPSA) is 64.6 Å². The molecule has 2 aliphatic rings. The van der Waals surface area contributed by atoms with Gasteiger partial charge in [0, 0.05) is 38.6 Å². The molecule has 16 heavy (non-hydrogen) atoms. The number of likely N-dealkylation sites (tertiary alicyclic amines) is 1. The molecule has 3 N–H and O–H groups in total. The van der Waals surface area contributed by atoms with Crippen molar-refractivity contribution in [2.45, 2.75) is 25.5 Å². The fourth-order valence-corrected chi connectivity index (χ4v) is 2.43. The standard InChI is InChI=1S/C11H21N3O2/c1-8(15)9-2-5-14(7-9)11(16)10-6-12-3-4-13-10/h8-10,12-13,15H,2-7H2,1H3. The summed E-state index contributed by atoms with van der Waals surface area (Å²) in [5, 5.41) is 15.9. The molecular weight excluding hydrogens is 206 g/mol. The number of nitrogens with one attached hydrogen (secondary N) is 2. The first-order valence-corrected chi connectivity index (χ1v) is 6.09. The highest BCUT2D eigenvalue weighted by atomic mass is 16.3. The molecule has 5 heteroatoms. The highest BCUT2D eigenvalue weighted by molar-refractivity contribution is 5.82. The largest absolute Gasteiger partial charge is 0.393 e. The molecule has 2 aliphatic heterocycles. The summed E-state index contributed by atoms with van der Waals surface area (Å²) < 4.78 is 0. The summed E-state index contributed by atoms with van der Waals surface area (Å²) in [5.41, 5.74) is 0. The summed E-state index contributed by atoms with van der Waals surface area (Å²) in [5.74, 6) is 0.427. The van der Waals surface area contributed by atoms with Crippen LogP contribution in [0.2, 0.25) is 0 Å². The van der Waals surface area contributed by atoms with Crippen LogP contribution >= 0.6 is 0 Å². The highest BCUT2D eigenvalue weighted by Crippen LogP contribution is 2.20. The van der Waals surface area contributed by atoms with Crippen molar-refractivity contribution in [1.82, 2.24) is 15.5 Å². The quantitative estimate of drug-likeness (QED) is 0.553. The van der Waals surface area contributed by atoms with Crippen LogP contribution in [-0.2, 0) is 4.79 Å². The zero-order chi connectivity index (χ0) is 11.5. The maximum atomic E-state index is 12.1. The van der Waals surface area contributed by atoms with E-state index in [4.69, 9.17) is 0 Å². The predicted octanol–water partition coefficient (Wildman–Crippen LogP) is -1.22. The van der Waals surface area contributed by atoms with Crippen LogP contribution in [0.15, 0.2) is 0 Å². The van der Waals surface area contributed by atoms with E-state index in [1.165, 1.54) is 0 Å².